The van der Waals surface area contributed by atoms with Crippen molar-refractivity contribution in [1.29, 1.82) is 0 Å². The van der Waals surface area contributed by atoms with E-state index in [2.05, 4.69) is 32.5 Å². The van der Waals surface area contributed by atoms with Crippen LogP contribution >= 0.6 is 0 Å². The topological polar surface area (TPSA) is 91.8 Å². The number of aliphatic imine (C=N–C) groups is 1. The van der Waals surface area contributed by atoms with E-state index in [4.69, 9.17) is 4.74 Å². The molecule has 158 valence electrons. The Morgan fingerprint density at radius 1 is 1.14 bits per heavy atom. The number of hydrogen-bond donors (Lipinski definition) is 3. The van der Waals surface area contributed by atoms with E-state index in [0.29, 0.717) is 25.0 Å². The Bertz CT molecular complexity index is 701. The average Bonchev–Trinajstić information content (AvgIpc) is 2.65. The van der Waals surface area contributed by atoms with E-state index in [1.54, 1.807) is 14.2 Å². The van der Waals surface area contributed by atoms with Crippen molar-refractivity contribution in [2.75, 3.05) is 39.5 Å². The maximum absolute atomic E-state index is 12.0. The number of nitrogens with one attached hydrogen (secondary N) is 3. The van der Waals surface area contributed by atoms with Gasteiger partial charge in [0.15, 0.2) is 5.96 Å². The zero-order valence-electron chi connectivity index (χ0n) is 17.0. The summed E-state index contributed by atoms with van der Waals surface area (Å²) >= 11 is 0. The Morgan fingerprint density at radius 3 is 2.46 bits per heavy atom. The zero-order valence-corrected chi connectivity index (χ0v) is 17.9. The van der Waals surface area contributed by atoms with Gasteiger partial charge in [0.2, 0.25) is 10.0 Å². The van der Waals surface area contributed by atoms with Crippen LogP contribution in [0.2, 0.25) is 0 Å². The lowest BCUT2D eigenvalue weighted by Gasteiger charge is -2.25. The Kier molecular flexibility index (Phi) is 9.57. The van der Waals surface area contributed by atoms with Crippen molar-refractivity contribution in [3.05, 3.63) is 29.8 Å². The van der Waals surface area contributed by atoms with Crippen LogP contribution in [0, 0.1) is 5.92 Å². The minimum Gasteiger partial charge on any atom is -0.497 e. The third kappa shape index (κ3) is 8.48. The number of benzene rings is 1. The lowest BCUT2D eigenvalue weighted by Crippen LogP contribution is -2.42. The molecule has 1 aliphatic rings. The largest absolute Gasteiger partial charge is 0.497 e. The van der Waals surface area contributed by atoms with Crippen molar-refractivity contribution in [1.82, 2.24) is 15.4 Å². The summed E-state index contributed by atoms with van der Waals surface area (Å²) in [6.07, 6.45) is 6.58. The molecule has 8 heteroatoms. The summed E-state index contributed by atoms with van der Waals surface area (Å²) in [7, 11) is 0.134. The highest BCUT2D eigenvalue weighted by Crippen LogP contribution is 2.25. The summed E-state index contributed by atoms with van der Waals surface area (Å²) in [6.45, 7) is 1.71. The van der Waals surface area contributed by atoms with E-state index in [9.17, 15) is 8.42 Å². The molecule has 0 amide bonds. The van der Waals surface area contributed by atoms with Crippen molar-refractivity contribution >= 4 is 16.0 Å². The first-order chi connectivity index (χ1) is 13.5. The van der Waals surface area contributed by atoms with E-state index in [0.717, 1.165) is 44.4 Å². The molecule has 1 aromatic carbocycles. The number of methoxy groups -OCH3 is 1. The molecule has 1 aromatic rings. The number of aryl methyl sites for hydroxylation is 1. The van der Waals surface area contributed by atoms with Gasteiger partial charge in [-0.3, -0.25) is 4.99 Å². The van der Waals surface area contributed by atoms with Gasteiger partial charge in [-0.15, -0.1) is 0 Å². The predicted octanol–water partition coefficient (Wildman–Crippen LogP) is 1.90. The Hall–Kier alpha value is -1.80. The fourth-order valence-corrected chi connectivity index (χ4v) is 4.00. The van der Waals surface area contributed by atoms with Crippen molar-refractivity contribution in [2.24, 2.45) is 10.9 Å². The van der Waals surface area contributed by atoms with Gasteiger partial charge in [-0.05, 0) is 55.7 Å². The summed E-state index contributed by atoms with van der Waals surface area (Å²) in [5.41, 5.74) is 1.29. The van der Waals surface area contributed by atoms with Gasteiger partial charge in [-0.1, -0.05) is 18.6 Å². The van der Waals surface area contributed by atoms with Crippen LogP contribution in [0.3, 0.4) is 0 Å². The number of rotatable bonds is 12. The molecule has 7 nitrogen and oxygen atoms in total. The number of unbranched alkanes of at least 4 members (excludes halogenated alkanes) is 1. The summed E-state index contributed by atoms with van der Waals surface area (Å²) in [6, 6.07) is 8.14. The van der Waals surface area contributed by atoms with Crippen molar-refractivity contribution in [3.8, 4) is 5.75 Å². The number of guanidine groups is 1. The molecule has 0 atom stereocenters. The second-order valence-electron chi connectivity index (χ2n) is 7.20. The maximum Gasteiger partial charge on any atom is 0.213 e. The van der Waals surface area contributed by atoms with Crippen LogP contribution in [0.4, 0.5) is 0 Å². The molecule has 0 unspecified atom stereocenters. The van der Waals surface area contributed by atoms with Crippen LogP contribution < -0.4 is 20.1 Å². The van der Waals surface area contributed by atoms with Gasteiger partial charge in [0, 0.05) is 26.7 Å². The fourth-order valence-electron chi connectivity index (χ4n) is 2.99. The molecule has 0 spiro atoms. The first kappa shape index (κ1) is 22.5. The maximum atomic E-state index is 12.0. The van der Waals surface area contributed by atoms with Crippen LogP contribution in [0.25, 0.3) is 0 Å². The van der Waals surface area contributed by atoms with Crippen molar-refractivity contribution in [2.45, 2.75) is 38.5 Å². The van der Waals surface area contributed by atoms with E-state index in [-0.39, 0.29) is 5.75 Å². The SMILES string of the molecule is CN=C(NCCCCc1ccc(OC)cc1)NCCS(=O)(=O)NCC1CCC1. The first-order valence-electron chi connectivity index (χ1n) is 10.1. The minimum atomic E-state index is -3.23. The number of sulfonamides is 1. The van der Waals surface area contributed by atoms with Crippen LogP contribution in [-0.4, -0.2) is 53.9 Å². The third-order valence-corrected chi connectivity index (χ3v) is 6.40. The summed E-state index contributed by atoms with van der Waals surface area (Å²) in [5.74, 6) is 2.09. The quantitative estimate of drug-likeness (QED) is 0.278. The molecule has 1 aliphatic carbocycles. The van der Waals surface area contributed by atoms with E-state index >= 15 is 0 Å². The number of nitrogens with zero attached hydrogens (tertiary/aromatic N) is 1. The molecule has 0 bridgehead atoms. The summed E-state index contributed by atoms with van der Waals surface area (Å²) in [4.78, 5) is 4.14. The molecular formula is C20H34N4O3S. The monoisotopic (exact) mass is 410 g/mol. The lowest BCUT2D eigenvalue weighted by atomic mass is 9.86. The Labute approximate surface area is 169 Å². The highest BCUT2D eigenvalue weighted by atomic mass is 32.2. The van der Waals surface area contributed by atoms with Crippen molar-refractivity contribution in [3.63, 3.8) is 0 Å². The third-order valence-electron chi connectivity index (χ3n) is 5.05. The zero-order chi connectivity index (χ0) is 20.2. The molecule has 1 saturated carbocycles. The lowest BCUT2D eigenvalue weighted by molar-refractivity contribution is 0.316. The van der Waals surface area contributed by atoms with Gasteiger partial charge >= 0.3 is 0 Å². The summed E-state index contributed by atoms with van der Waals surface area (Å²) < 4.78 is 31.9. The molecule has 0 saturated heterocycles. The second kappa shape index (κ2) is 11.9. The fraction of sp³-hybridized carbons (Fsp3) is 0.650. The smallest absolute Gasteiger partial charge is 0.213 e. The van der Waals surface area contributed by atoms with E-state index in [1.165, 1.54) is 12.0 Å². The molecule has 0 heterocycles. The number of hydrogen-bond acceptors (Lipinski definition) is 4. The van der Waals surface area contributed by atoms with E-state index in [1.807, 2.05) is 12.1 Å². The Morgan fingerprint density at radius 2 is 1.86 bits per heavy atom. The van der Waals surface area contributed by atoms with Crippen LogP contribution in [0.1, 0.15) is 37.7 Å². The van der Waals surface area contributed by atoms with Gasteiger partial charge in [-0.25, -0.2) is 13.1 Å². The van der Waals surface area contributed by atoms with Crippen LogP contribution in [-0.2, 0) is 16.4 Å². The highest BCUT2D eigenvalue weighted by molar-refractivity contribution is 7.89. The standard InChI is InChI=1S/C20H34N4O3S/c1-21-20(23-14-15-28(25,26)24-16-18-7-5-8-18)22-13-4-3-6-17-9-11-19(27-2)12-10-17/h9-12,18,24H,3-8,13-16H2,1-2H3,(H2,21,22,23). The van der Waals surface area contributed by atoms with Crippen LogP contribution in [0.15, 0.2) is 29.3 Å². The molecule has 0 aliphatic heterocycles. The molecule has 3 N–H and O–H groups in total. The molecule has 2 rings (SSSR count). The summed E-state index contributed by atoms with van der Waals surface area (Å²) in [5, 5.41) is 6.30. The number of ether oxygens (including phenoxy) is 1. The first-order valence-corrected chi connectivity index (χ1v) is 11.7. The second-order valence-corrected chi connectivity index (χ2v) is 9.12. The molecule has 28 heavy (non-hydrogen) atoms. The van der Waals surface area contributed by atoms with Gasteiger partial charge in [0.1, 0.15) is 5.75 Å². The van der Waals surface area contributed by atoms with Crippen molar-refractivity contribution < 1.29 is 13.2 Å². The molecule has 0 radical (unpaired) electrons. The van der Waals surface area contributed by atoms with Gasteiger partial charge in [0.05, 0.1) is 12.9 Å². The minimum absolute atomic E-state index is 0.0535. The molecule has 0 aromatic heterocycles. The normalized spacial score (nSPS) is 15.1. The van der Waals surface area contributed by atoms with E-state index < -0.39 is 10.0 Å². The van der Waals surface area contributed by atoms with Crippen LogP contribution in [0.5, 0.6) is 5.75 Å². The highest BCUT2D eigenvalue weighted by Gasteiger charge is 2.19. The van der Waals surface area contributed by atoms with Gasteiger partial charge in [0.25, 0.3) is 0 Å². The Balaban J connectivity index is 1.55. The molecular weight excluding hydrogens is 376 g/mol. The predicted molar refractivity (Wildman–Crippen MR) is 114 cm³/mol. The van der Waals surface area contributed by atoms with Gasteiger partial charge < -0.3 is 15.4 Å². The molecule has 1 fully saturated rings. The van der Waals surface area contributed by atoms with Gasteiger partial charge in [-0.2, -0.15) is 0 Å². The average molecular weight is 411 g/mol.